The quantitative estimate of drug-likeness (QED) is 0.467. The van der Waals surface area contributed by atoms with Gasteiger partial charge in [0.05, 0.1) is 35.3 Å². The van der Waals surface area contributed by atoms with Crippen molar-refractivity contribution >= 4 is 28.0 Å². The number of aromatic nitrogens is 4. The lowest BCUT2D eigenvalue weighted by atomic mass is 10.0. The highest BCUT2D eigenvalue weighted by atomic mass is 32.2. The molecule has 2 aliphatic rings. The maximum Gasteiger partial charge on any atom is 0.341 e. The molecule has 15 heteroatoms. The van der Waals surface area contributed by atoms with E-state index in [4.69, 9.17) is 0 Å². The summed E-state index contributed by atoms with van der Waals surface area (Å²) in [5.74, 6) is -1.30. The van der Waals surface area contributed by atoms with E-state index in [0.29, 0.717) is 38.2 Å². The molecule has 1 saturated heterocycles. The predicted molar refractivity (Wildman–Crippen MR) is 140 cm³/mol. The fourth-order valence-corrected chi connectivity index (χ4v) is 6.21. The second-order valence-electron chi connectivity index (χ2n) is 9.56. The number of sulfone groups is 1. The molecule has 0 spiro atoms. The molecule has 0 saturated carbocycles. The van der Waals surface area contributed by atoms with Crippen molar-refractivity contribution in [1.29, 1.82) is 5.26 Å². The van der Waals surface area contributed by atoms with E-state index >= 15 is 0 Å². The fraction of sp³-hybridized carbons (Fsp3) is 0.360. The summed E-state index contributed by atoms with van der Waals surface area (Å²) in [6.45, 7) is 4.31. The van der Waals surface area contributed by atoms with Gasteiger partial charge in [0.2, 0.25) is 5.95 Å². The van der Waals surface area contributed by atoms with Crippen LogP contribution in [0.4, 0.5) is 19.5 Å². The van der Waals surface area contributed by atoms with Crippen LogP contribution in [0.5, 0.6) is 0 Å². The average molecular weight is 570 g/mol. The zero-order chi connectivity index (χ0) is 28.8. The minimum atomic E-state index is -3.59. The van der Waals surface area contributed by atoms with E-state index in [1.165, 1.54) is 24.9 Å². The standard InChI is InChI=1S/C25H25F2N9O3S/c1-15-22(40(3,38)39)16(2)35(32-15)23-20(27)14-29-24(31-23)33-6-8-34(9-7-33)25(37)36-21(4-5-30-36)18-10-17(13-28)11-19(26)12-18/h5,10-12,14,21H,4,6-9H2,1-3H3/t21-/m0/s1. The van der Waals surface area contributed by atoms with Gasteiger partial charge < -0.3 is 9.80 Å². The number of urea groups is 1. The summed E-state index contributed by atoms with van der Waals surface area (Å²) in [5.41, 5.74) is 1.11. The summed E-state index contributed by atoms with van der Waals surface area (Å²) in [4.78, 5) is 25.2. The Morgan fingerprint density at radius 3 is 2.50 bits per heavy atom. The molecule has 2 aromatic heterocycles. The Morgan fingerprint density at radius 2 is 1.85 bits per heavy atom. The number of anilines is 1. The molecule has 3 aromatic rings. The summed E-state index contributed by atoms with van der Waals surface area (Å²) < 4.78 is 54.3. The normalized spacial score (nSPS) is 17.4. The molecule has 2 amide bonds. The van der Waals surface area contributed by atoms with E-state index in [1.807, 2.05) is 6.07 Å². The van der Waals surface area contributed by atoms with Crippen molar-refractivity contribution in [1.82, 2.24) is 29.7 Å². The first kappa shape index (κ1) is 27.1. The molecule has 1 atom stereocenters. The predicted octanol–water partition coefficient (Wildman–Crippen LogP) is 2.51. The number of benzene rings is 1. The SMILES string of the molecule is Cc1nn(-c2nc(N3CCN(C(=O)N4N=CC[C@H]4c4cc(F)cc(C#N)c4)CC3)ncc2F)c(C)c1S(C)(=O)=O. The summed E-state index contributed by atoms with van der Waals surface area (Å²) >= 11 is 0. The first-order valence-corrected chi connectivity index (χ1v) is 14.2. The highest BCUT2D eigenvalue weighted by Crippen LogP contribution is 2.31. The molecule has 0 unspecified atom stereocenters. The Bertz CT molecular complexity index is 1680. The Morgan fingerprint density at radius 1 is 1.12 bits per heavy atom. The van der Waals surface area contributed by atoms with Gasteiger partial charge in [-0.3, -0.25) is 0 Å². The minimum absolute atomic E-state index is 0.0177. The number of aryl methyl sites for hydroxylation is 1. The maximum atomic E-state index is 14.8. The van der Waals surface area contributed by atoms with Crippen LogP contribution in [0.2, 0.25) is 0 Å². The van der Waals surface area contributed by atoms with Crippen LogP contribution in [0.1, 0.15) is 35.0 Å². The Labute approximate surface area is 229 Å². The monoisotopic (exact) mass is 569 g/mol. The van der Waals surface area contributed by atoms with Gasteiger partial charge in [0.25, 0.3) is 0 Å². The van der Waals surface area contributed by atoms with Crippen LogP contribution in [0.15, 0.2) is 34.4 Å². The van der Waals surface area contributed by atoms with Gasteiger partial charge in [-0.05, 0) is 37.6 Å². The summed E-state index contributed by atoms with van der Waals surface area (Å²) in [7, 11) is -3.59. The molecular weight excluding hydrogens is 544 g/mol. The topological polar surface area (TPSA) is 141 Å². The van der Waals surface area contributed by atoms with Crippen LogP contribution in [-0.4, -0.2) is 82.8 Å². The zero-order valence-electron chi connectivity index (χ0n) is 21.9. The van der Waals surface area contributed by atoms with E-state index < -0.39 is 27.5 Å². The van der Waals surface area contributed by atoms with Gasteiger partial charge in [0.15, 0.2) is 21.5 Å². The number of nitrogens with zero attached hydrogens (tertiary/aromatic N) is 9. The molecule has 1 aromatic carbocycles. The molecular formula is C25H25F2N9O3S. The Kier molecular flexibility index (Phi) is 6.96. The van der Waals surface area contributed by atoms with Gasteiger partial charge in [-0.2, -0.15) is 20.4 Å². The van der Waals surface area contributed by atoms with E-state index in [1.54, 1.807) is 22.1 Å². The molecule has 0 bridgehead atoms. The average Bonchev–Trinajstić information content (AvgIpc) is 3.52. The van der Waals surface area contributed by atoms with Crippen molar-refractivity contribution in [2.45, 2.75) is 31.2 Å². The van der Waals surface area contributed by atoms with Crippen molar-refractivity contribution in [3.8, 4) is 11.9 Å². The van der Waals surface area contributed by atoms with Crippen molar-refractivity contribution in [3.63, 3.8) is 0 Å². The number of hydrazone groups is 1. The Balaban J connectivity index is 1.32. The zero-order valence-corrected chi connectivity index (χ0v) is 22.7. The summed E-state index contributed by atoms with van der Waals surface area (Å²) in [5, 5.41) is 18.9. The molecule has 1 fully saturated rings. The number of rotatable bonds is 4. The molecule has 5 rings (SSSR count). The van der Waals surface area contributed by atoms with Crippen LogP contribution in [0, 0.1) is 36.8 Å². The van der Waals surface area contributed by atoms with Gasteiger partial charge in [-0.1, -0.05) is 0 Å². The van der Waals surface area contributed by atoms with Gasteiger partial charge in [-0.15, -0.1) is 0 Å². The third kappa shape index (κ3) is 4.97. The number of carbonyl (C=O) groups is 1. The second kappa shape index (κ2) is 10.3. The number of piperazine rings is 1. The van der Waals surface area contributed by atoms with Gasteiger partial charge in [-0.25, -0.2) is 36.7 Å². The molecule has 12 nitrogen and oxygen atoms in total. The Hall–Kier alpha value is -4.45. The van der Waals surface area contributed by atoms with E-state index in [2.05, 4.69) is 20.2 Å². The maximum absolute atomic E-state index is 14.8. The van der Waals surface area contributed by atoms with E-state index in [9.17, 15) is 27.3 Å². The smallest absolute Gasteiger partial charge is 0.337 e. The van der Waals surface area contributed by atoms with Gasteiger partial charge in [0.1, 0.15) is 10.7 Å². The lowest BCUT2D eigenvalue weighted by Crippen LogP contribution is -2.52. The van der Waals surface area contributed by atoms with Crippen molar-refractivity contribution in [3.05, 3.63) is 58.5 Å². The summed E-state index contributed by atoms with van der Waals surface area (Å²) in [6.07, 6.45) is 4.04. The first-order chi connectivity index (χ1) is 19.0. The lowest BCUT2D eigenvalue weighted by Gasteiger charge is -2.37. The fourth-order valence-electron chi connectivity index (χ4n) is 5.01. The number of hydrogen-bond acceptors (Lipinski definition) is 9. The van der Waals surface area contributed by atoms with Crippen LogP contribution < -0.4 is 4.90 Å². The minimum Gasteiger partial charge on any atom is -0.337 e. The molecule has 2 aliphatic heterocycles. The first-order valence-electron chi connectivity index (χ1n) is 12.3. The third-order valence-corrected chi connectivity index (χ3v) is 8.13. The third-order valence-electron chi connectivity index (χ3n) is 6.80. The van der Waals surface area contributed by atoms with Gasteiger partial charge in [0, 0.05) is 45.1 Å². The largest absolute Gasteiger partial charge is 0.341 e. The molecule has 40 heavy (non-hydrogen) atoms. The van der Waals surface area contributed by atoms with Crippen molar-refractivity contribution in [2.24, 2.45) is 5.10 Å². The molecule has 0 aliphatic carbocycles. The number of carbonyl (C=O) groups excluding carboxylic acids is 1. The highest BCUT2D eigenvalue weighted by molar-refractivity contribution is 7.90. The van der Waals surface area contributed by atoms with Crippen LogP contribution in [0.3, 0.4) is 0 Å². The van der Waals surface area contributed by atoms with Crippen molar-refractivity contribution < 1.29 is 22.0 Å². The highest BCUT2D eigenvalue weighted by Gasteiger charge is 2.34. The second-order valence-corrected chi connectivity index (χ2v) is 11.5. The summed E-state index contributed by atoms with van der Waals surface area (Å²) in [6, 6.07) is 5.00. The van der Waals surface area contributed by atoms with E-state index in [-0.39, 0.29) is 39.6 Å². The molecule has 4 heterocycles. The lowest BCUT2D eigenvalue weighted by molar-refractivity contribution is 0.139. The van der Waals surface area contributed by atoms with Crippen molar-refractivity contribution in [2.75, 3.05) is 37.3 Å². The number of amides is 2. The molecule has 0 N–H and O–H groups in total. The van der Waals surface area contributed by atoms with Crippen LogP contribution >= 0.6 is 0 Å². The number of nitriles is 1. The van der Waals surface area contributed by atoms with Crippen LogP contribution in [0.25, 0.3) is 5.82 Å². The number of hydrogen-bond donors (Lipinski definition) is 0. The number of halogens is 2. The van der Waals surface area contributed by atoms with Crippen LogP contribution in [-0.2, 0) is 9.84 Å². The molecule has 208 valence electrons. The molecule has 0 radical (unpaired) electrons. The van der Waals surface area contributed by atoms with E-state index in [0.717, 1.165) is 23.2 Å². The van der Waals surface area contributed by atoms with Gasteiger partial charge >= 0.3 is 6.03 Å².